The highest BCUT2D eigenvalue weighted by Crippen LogP contribution is 2.14. The van der Waals surface area contributed by atoms with E-state index in [0.717, 1.165) is 6.26 Å². The summed E-state index contributed by atoms with van der Waals surface area (Å²) in [4.78, 5) is 11.2. The number of sulfonamides is 2. The first kappa shape index (κ1) is 16.4. The van der Waals surface area contributed by atoms with Crippen LogP contribution in [0.2, 0.25) is 0 Å². The number of anilines is 1. The number of hydrogen-bond donors (Lipinski definition) is 2. The molecule has 0 saturated heterocycles. The van der Waals surface area contributed by atoms with Crippen LogP contribution in [0.3, 0.4) is 0 Å². The van der Waals surface area contributed by atoms with Crippen LogP contribution in [0.4, 0.5) is 5.69 Å². The Balaban J connectivity index is 2.90. The quantitative estimate of drug-likeness (QED) is 0.800. The third-order valence-electron chi connectivity index (χ3n) is 2.19. The lowest BCUT2D eigenvalue weighted by atomic mass is 10.3. The molecule has 0 saturated carbocycles. The van der Waals surface area contributed by atoms with Crippen LogP contribution < -0.4 is 9.44 Å². The predicted octanol–water partition coefficient (Wildman–Crippen LogP) is 0.663. The minimum atomic E-state index is -3.92. The van der Waals surface area contributed by atoms with Gasteiger partial charge < -0.3 is 0 Å². The fourth-order valence-electron chi connectivity index (χ4n) is 1.40. The van der Waals surface area contributed by atoms with E-state index in [4.69, 9.17) is 0 Å². The molecule has 1 rings (SSSR count). The Hall–Kier alpha value is -1.61. The summed E-state index contributed by atoms with van der Waals surface area (Å²) in [5.74, 6) is -0.578. The van der Waals surface area contributed by atoms with E-state index in [-0.39, 0.29) is 17.0 Å². The van der Waals surface area contributed by atoms with E-state index in [2.05, 4.69) is 4.72 Å². The molecule has 0 aliphatic rings. The summed E-state index contributed by atoms with van der Waals surface area (Å²) in [5, 5.41) is 0. The molecule has 7 nitrogen and oxygen atoms in total. The number of nitrogens with one attached hydrogen (secondary N) is 2. The Labute approximate surface area is 118 Å². The molecule has 0 aliphatic heterocycles. The molecular weight excluding hydrogens is 304 g/mol. The van der Waals surface area contributed by atoms with Crippen molar-refractivity contribution in [2.75, 3.05) is 11.0 Å². The predicted molar refractivity (Wildman–Crippen MR) is 75.1 cm³/mol. The van der Waals surface area contributed by atoms with Crippen molar-refractivity contribution in [2.45, 2.75) is 24.7 Å². The van der Waals surface area contributed by atoms with Crippen molar-refractivity contribution < 1.29 is 21.6 Å². The maximum Gasteiger partial charge on any atom is 0.264 e. The summed E-state index contributed by atoms with van der Waals surface area (Å²) < 4.78 is 49.9. The number of benzene rings is 1. The van der Waals surface area contributed by atoms with Crippen LogP contribution >= 0.6 is 0 Å². The highest BCUT2D eigenvalue weighted by molar-refractivity contribution is 7.92. The summed E-state index contributed by atoms with van der Waals surface area (Å²) >= 11 is 0. The zero-order chi connectivity index (χ0) is 15.4. The second-order valence-corrected chi connectivity index (χ2v) is 7.61. The molecule has 0 aromatic heterocycles. The molecule has 0 heterocycles. The van der Waals surface area contributed by atoms with E-state index in [1.165, 1.54) is 24.3 Å². The Morgan fingerprint density at radius 1 is 1.10 bits per heavy atom. The average molecular weight is 320 g/mol. The van der Waals surface area contributed by atoms with Crippen LogP contribution in [0, 0.1) is 0 Å². The van der Waals surface area contributed by atoms with Crippen molar-refractivity contribution in [3.63, 3.8) is 0 Å². The van der Waals surface area contributed by atoms with Gasteiger partial charge in [-0.25, -0.2) is 21.6 Å². The number of rotatable bonds is 6. The first-order valence-corrected chi connectivity index (χ1v) is 9.15. The van der Waals surface area contributed by atoms with Gasteiger partial charge in [-0.15, -0.1) is 0 Å². The van der Waals surface area contributed by atoms with Gasteiger partial charge in [0, 0.05) is 12.1 Å². The number of carbonyl (C=O) groups is 1. The lowest BCUT2D eigenvalue weighted by Crippen LogP contribution is -2.30. The SMILES string of the molecule is CCCC(=O)NS(=O)(=O)c1ccc(NS(C)(=O)=O)cc1. The van der Waals surface area contributed by atoms with E-state index in [1.54, 1.807) is 6.92 Å². The fraction of sp³-hybridized carbons (Fsp3) is 0.364. The molecule has 9 heteroatoms. The zero-order valence-corrected chi connectivity index (χ0v) is 12.7. The lowest BCUT2D eigenvalue weighted by molar-refractivity contribution is -0.119. The maximum atomic E-state index is 11.8. The summed E-state index contributed by atoms with van der Waals surface area (Å²) in [7, 11) is -7.34. The third-order valence-corrected chi connectivity index (χ3v) is 4.19. The van der Waals surface area contributed by atoms with Gasteiger partial charge in [0.05, 0.1) is 11.2 Å². The highest BCUT2D eigenvalue weighted by Gasteiger charge is 2.17. The van der Waals surface area contributed by atoms with E-state index >= 15 is 0 Å². The normalized spacial score (nSPS) is 11.9. The van der Waals surface area contributed by atoms with Crippen molar-refractivity contribution in [1.29, 1.82) is 0 Å². The monoisotopic (exact) mass is 320 g/mol. The minimum Gasteiger partial charge on any atom is -0.284 e. The molecule has 0 spiro atoms. The Bertz CT molecular complexity index is 678. The smallest absolute Gasteiger partial charge is 0.264 e. The molecule has 1 aromatic carbocycles. The summed E-state index contributed by atoms with van der Waals surface area (Å²) in [6, 6.07) is 5.05. The zero-order valence-electron chi connectivity index (χ0n) is 11.1. The summed E-state index contributed by atoms with van der Waals surface area (Å²) in [6.45, 7) is 1.76. The molecule has 0 atom stereocenters. The molecule has 2 N–H and O–H groups in total. The van der Waals surface area contributed by atoms with Gasteiger partial charge in [-0.2, -0.15) is 0 Å². The molecule has 0 aliphatic carbocycles. The molecule has 0 radical (unpaired) electrons. The lowest BCUT2D eigenvalue weighted by Gasteiger charge is -2.08. The third kappa shape index (κ3) is 5.17. The van der Waals surface area contributed by atoms with Crippen molar-refractivity contribution in [2.24, 2.45) is 0 Å². The van der Waals surface area contributed by atoms with Gasteiger partial charge in [-0.1, -0.05) is 6.92 Å². The van der Waals surface area contributed by atoms with Gasteiger partial charge >= 0.3 is 0 Å². The number of carbonyl (C=O) groups excluding carboxylic acids is 1. The van der Waals surface area contributed by atoms with Crippen molar-refractivity contribution in [3.05, 3.63) is 24.3 Å². The van der Waals surface area contributed by atoms with Gasteiger partial charge in [-0.05, 0) is 30.7 Å². The maximum absolute atomic E-state index is 11.8. The fourth-order valence-corrected chi connectivity index (χ4v) is 2.98. The summed E-state index contributed by atoms with van der Waals surface area (Å²) in [5.41, 5.74) is 0.242. The molecule has 0 fully saturated rings. The van der Waals surface area contributed by atoms with Crippen LogP contribution in [-0.4, -0.2) is 29.0 Å². The second-order valence-electron chi connectivity index (χ2n) is 4.18. The molecular formula is C11H16N2O5S2. The first-order chi connectivity index (χ1) is 9.14. The van der Waals surface area contributed by atoms with E-state index in [9.17, 15) is 21.6 Å². The van der Waals surface area contributed by atoms with Gasteiger partial charge in [0.2, 0.25) is 15.9 Å². The van der Waals surface area contributed by atoms with Crippen LogP contribution in [-0.2, 0) is 24.8 Å². The van der Waals surface area contributed by atoms with Crippen LogP contribution in [0.15, 0.2) is 29.2 Å². The van der Waals surface area contributed by atoms with Gasteiger partial charge in [0.1, 0.15) is 0 Å². The Morgan fingerprint density at radius 3 is 2.10 bits per heavy atom. The van der Waals surface area contributed by atoms with Gasteiger partial charge in [0.25, 0.3) is 10.0 Å². The average Bonchev–Trinajstić information content (AvgIpc) is 2.26. The van der Waals surface area contributed by atoms with Crippen molar-refractivity contribution in [3.8, 4) is 0 Å². The van der Waals surface area contributed by atoms with E-state index < -0.39 is 26.0 Å². The molecule has 1 amide bonds. The van der Waals surface area contributed by atoms with Crippen LogP contribution in [0.25, 0.3) is 0 Å². The van der Waals surface area contributed by atoms with Crippen molar-refractivity contribution >= 4 is 31.6 Å². The molecule has 0 unspecified atom stereocenters. The second kappa shape index (κ2) is 6.23. The molecule has 20 heavy (non-hydrogen) atoms. The number of hydrogen-bond acceptors (Lipinski definition) is 5. The van der Waals surface area contributed by atoms with E-state index in [1.807, 2.05) is 4.72 Å². The molecule has 112 valence electrons. The highest BCUT2D eigenvalue weighted by atomic mass is 32.2. The van der Waals surface area contributed by atoms with Crippen LogP contribution in [0.5, 0.6) is 0 Å². The Morgan fingerprint density at radius 2 is 1.65 bits per heavy atom. The standard InChI is InChI=1S/C11H16N2O5S2/c1-3-4-11(14)13-20(17,18)10-7-5-9(6-8-10)12-19(2,15)16/h5-8,12H,3-4H2,1-2H3,(H,13,14). The first-order valence-electron chi connectivity index (χ1n) is 5.77. The van der Waals surface area contributed by atoms with Gasteiger partial charge in [-0.3, -0.25) is 9.52 Å². The largest absolute Gasteiger partial charge is 0.284 e. The Kier molecular flexibility index (Phi) is 5.12. The van der Waals surface area contributed by atoms with Gasteiger partial charge in [0.15, 0.2) is 0 Å². The summed E-state index contributed by atoms with van der Waals surface area (Å²) in [6.07, 6.45) is 1.65. The molecule has 0 bridgehead atoms. The van der Waals surface area contributed by atoms with Crippen molar-refractivity contribution in [1.82, 2.24) is 4.72 Å². The van der Waals surface area contributed by atoms with Crippen LogP contribution in [0.1, 0.15) is 19.8 Å². The topological polar surface area (TPSA) is 109 Å². The number of amides is 1. The van der Waals surface area contributed by atoms with E-state index in [0.29, 0.717) is 6.42 Å². The molecule has 1 aromatic rings. The minimum absolute atomic E-state index is 0.110.